The predicted octanol–water partition coefficient (Wildman–Crippen LogP) is 2.88. The molecule has 0 radical (unpaired) electrons. The van der Waals surface area contributed by atoms with Gasteiger partial charge in [0, 0.05) is 11.8 Å². The van der Waals surface area contributed by atoms with E-state index >= 15 is 0 Å². The van der Waals surface area contributed by atoms with Crippen LogP contribution in [0.5, 0.6) is 0 Å². The predicted molar refractivity (Wildman–Crippen MR) is 63.7 cm³/mol. The van der Waals surface area contributed by atoms with Crippen molar-refractivity contribution in [3.63, 3.8) is 0 Å². The molecule has 0 aromatic rings. The fourth-order valence-corrected chi connectivity index (χ4v) is 0.902. The standard InChI is InChI=1S/C13H22O2/c1-6-13(5,15)10-8-7-9-11(14)12(2,3)4/h6-8,15H,1,9-10H2,2-5H3. The van der Waals surface area contributed by atoms with E-state index in [9.17, 15) is 9.90 Å². The molecule has 0 aromatic heterocycles. The maximum absolute atomic E-state index is 11.5. The number of carbonyl (C=O) groups is 1. The molecule has 0 aromatic carbocycles. The topological polar surface area (TPSA) is 37.3 Å². The van der Waals surface area contributed by atoms with Crippen LogP contribution in [0.15, 0.2) is 24.8 Å². The molecule has 1 atom stereocenters. The lowest BCUT2D eigenvalue weighted by atomic mass is 9.89. The first-order chi connectivity index (χ1) is 6.69. The van der Waals surface area contributed by atoms with Crippen molar-refractivity contribution < 1.29 is 9.90 Å². The van der Waals surface area contributed by atoms with E-state index in [1.807, 2.05) is 32.9 Å². The summed E-state index contributed by atoms with van der Waals surface area (Å²) in [7, 11) is 0. The number of rotatable bonds is 5. The Bertz CT molecular complexity index is 254. The van der Waals surface area contributed by atoms with Crippen molar-refractivity contribution in [2.45, 2.75) is 46.1 Å². The van der Waals surface area contributed by atoms with Gasteiger partial charge in [0.15, 0.2) is 0 Å². The number of hydrogen-bond donors (Lipinski definition) is 1. The van der Waals surface area contributed by atoms with Gasteiger partial charge in [0.2, 0.25) is 0 Å². The van der Waals surface area contributed by atoms with E-state index < -0.39 is 5.60 Å². The van der Waals surface area contributed by atoms with Crippen molar-refractivity contribution in [3.8, 4) is 0 Å². The van der Waals surface area contributed by atoms with Crippen molar-refractivity contribution in [1.82, 2.24) is 0 Å². The van der Waals surface area contributed by atoms with Gasteiger partial charge in [0.05, 0.1) is 5.60 Å². The molecular weight excluding hydrogens is 188 g/mol. The molecule has 15 heavy (non-hydrogen) atoms. The minimum atomic E-state index is -0.874. The summed E-state index contributed by atoms with van der Waals surface area (Å²) in [5.74, 6) is 0.206. The first-order valence-electron chi connectivity index (χ1n) is 5.23. The van der Waals surface area contributed by atoms with Crippen molar-refractivity contribution >= 4 is 5.78 Å². The van der Waals surface area contributed by atoms with E-state index in [0.717, 1.165) is 0 Å². The summed E-state index contributed by atoms with van der Waals surface area (Å²) in [6.45, 7) is 10.9. The van der Waals surface area contributed by atoms with Crippen molar-refractivity contribution in [2.24, 2.45) is 5.41 Å². The maximum atomic E-state index is 11.5. The molecule has 0 fully saturated rings. The third-order valence-electron chi connectivity index (χ3n) is 2.28. The van der Waals surface area contributed by atoms with Crippen molar-refractivity contribution in [3.05, 3.63) is 24.8 Å². The van der Waals surface area contributed by atoms with Gasteiger partial charge in [0.25, 0.3) is 0 Å². The fourth-order valence-electron chi connectivity index (χ4n) is 0.902. The molecule has 2 heteroatoms. The van der Waals surface area contributed by atoms with E-state index in [4.69, 9.17) is 0 Å². The molecule has 86 valence electrons. The number of allylic oxidation sites excluding steroid dienone is 1. The Morgan fingerprint density at radius 2 is 1.80 bits per heavy atom. The highest BCUT2D eigenvalue weighted by molar-refractivity contribution is 5.84. The smallest absolute Gasteiger partial charge is 0.141 e. The molecule has 0 rings (SSSR count). The molecule has 1 unspecified atom stereocenters. The van der Waals surface area contributed by atoms with Crippen molar-refractivity contribution in [1.29, 1.82) is 0 Å². The van der Waals surface area contributed by atoms with Crippen LogP contribution in [-0.2, 0) is 4.79 Å². The van der Waals surface area contributed by atoms with Gasteiger partial charge >= 0.3 is 0 Å². The molecule has 0 saturated carbocycles. The maximum Gasteiger partial charge on any atom is 0.141 e. The molecule has 0 heterocycles. The summed E-state index contributed by atoms with van der Waals surface area (Å²) in [5, 5.41) is 9.59. The Kier molecular flexibility index (Phi) is 4.95. The van der Waals surface area contributed by atoms with Crippen LogP contribution in [0, 0.1) is 5.41 Å². The Labute approximate surface area is 92.7 Å². The summed E-state index contributed by atoms with van der Waals surface area (Å²) in [6.07, 6.45) is 6.06. The number of aliphatic hydroxyl groups is 1. The minimum absolute atomic E-state index is 0.206. The molecule has 1 N–H and O–H groups in total. The highest BCUT2D eigenvalue weighted by Gasteiger charge is 2.19. The van der Waals surface area contributed by atoms with Crippen LogP contribution in [0.4, 0.5) is 0 Å². The normalized spacial score (nSPS) is 16.3. The van der Waals surface area contributed by atoms with Gasteiger partial charge in [-0.15, -0.1) is 6.58 Å². The Morgan fingerprint density at radius 3 is 2.20 bits per heavy atom. The zero-order chi connectivity index (χ0) is 12.1. The minimum Gasteiger partial charge on any atom is -0.386 e. The first-order valence-corrected chi connectivity index (χ1v) is 5.23. The number of Topliss-reactive ketones (excluding diaryl/α,β-unsaturated/α-hetero) is 1. The lowest BCUT2D eigenvalue weighted by Crippen LogP contribution is -2.20. The summed E-state index contributed by atoms with van der Waals surface area (Å²) in [6, 6.07) is 0. The summed E-state index contributed by atoms with van der Waals surface area (Å²) < 4.78 is 0. The Hall–Kier alpha value is -0.890. The number of hydrogen-bond acceptors (Lipinski definition) is 2. The lowest BCUT2D eigenvalue weighted by Gasteiger charge is -2.16. The van der Waals surface area contributed by atoms with E-state index in [0.29, 0.717) is 12.8 Å². The molecule has 0 spiro atoms. The molecule has 2 nitrogen and oxygen atoms in total. The summed E-state index contributed by atoms with van der Waals surface area (Å²) in [4.78, 5) is 11.5. The highest BCUT2D eigenvalue weighted by Crippen LogP contribution is 2.17. The Balaban J connectivity index is 4.03. The fraction of sp³-hybridized carbons (Fsp3) is 0.615. The second kappa shape index (κ2) is 5.26. The van der Waals surface area contributed by atoms with Crippen LogP contribution in [0.3, 0.4) is 0 Å². The van der Waals surface area contributed by atoms with E-state index in [2.05, 4.69) is 6.58 Å². The zero-order valence-electron chi connectivity index (χ0n) is 10.2. The molecular formula is C13H22O2. The van der Waals surface area contributed by atoms with Crippen molar-refractivity contribution in [2.75, 3.05) is 0 Å². The van der Waals surface area contributed by atoms with Gasteiger partial charge in [-0.2, -0.15) is 0 Å². The Morgan fingerprint density at radius 1 is 1.27 bits per heavy atom. The molecule has 0 amide bonds. The van der Waals surface area contributed by atoms with Gasteiger partial charge in [0.1, 0.15) is 5.78 Å². The lowest BCUT2D eigenvalue weighted by molar-refractivity contribution is -0.125. The zero-order valence-corrected chi connectivity index (χ0v) is 10.2. The monoisotopic (exact) mass is 210 g/mol. The van der Waals surface area contributed by atoms with Crippen LogP contribution < -0.4 is 0 Å². The molecule has 0 bridgehead atoms. The third kappa shape index (κ3) is 6.24. The third-order valence-corrected chi connectivity index (χ3v) is 2.28. The van der Waals surface area contributed by atoms with Gasteiger partial charge in [-0.05, 0) is 13.3 Å². The SMILES string of the molecule is C=CC(C)(O)CC=CCC(=O)C(C)(C)C. The van der Waals surface area contributed by atoms with Crippen LogP contribution in [0.1, 0.15) is 40.5 Å². The summed E-state index contributed by atoms with van der Waals surface area (Å²) in [5.41, 5.74) is -1.16. The number of ketones is 1. The van der Waals surface area contributed by atoms with Crippen LogP contribution in [0.25, 0.3) is 0 Å². The van der Waals surface area contributed by atoms with Crippen LogP contribution in [0.2, 0.25) is 0 Å². The number of carbonyl (C=O) groups excluding carboxylic acids is 1. The quantitative estimate of drug-likeness (QED) is 0.708. The van der Waals surface area contributed by atoms with Crippen LogP contribution >= 0.6 is 0 Å². The van der Waals surface area contributed by atoms with E-state index in [-0.39, 0.29) is 11.2 Å². The first kappa shape index (κ1) is 14.1. The van der Waals surface area contributed by atoms with E-state index in [1.165, 1.54) is 6.08 Å². The van der Waals surface area contributed by atoms with Gasteiger partial charge < -0.3 is 5.11 Å². The van der Waals surface area contributed by atoms with Gasteiger partial charge in [-0.1, -0.05) is 39.0 Å². The largest absolute Gasteiger partial charge is 0.386 e. The second-order valence-electron chi connectivity index (χ2n) is 5.11. The second-order valence-corrected chi connectivity index (χ2v) is 5.11. The average molecular weight is 210 g/mol. The highest BCUT2D eigenvalue weighted by atomic mass is 16.3. The molecule has 0 aliphatic rings. The molecule has 0 saturated heterocycles. The van der Waals surface area contributed by atoms with Crippen LogP contribution in [-0.4, -0.2) is 16.5 Å². The molecule has 0 aliphatic carbocycles. The summed E-state index contributed by atoms with van der Waals surface area (Å²) >= 11 is 0. The van der Waals surface area contributed by atoms with Gasteiger partial charge in [-0.3, -0.25) is 4.79 Å². The van der Waals surface area contributed by atoms with E-state index in [1.54, 1.807) is 6.92 Å². The molecule has 0 aliphatic heterocycles. The van der Waals surface area contributed by atoms with Gasteiger partial charge in [-0.25, -0.2) is 0 Å². The average Bonchev–Trinajstić information content (AvgIpc) is 2.10.